The van der Waals surface area contributed by atoms with E-state index in [2.05, 4.69) is 29.7 Å². The van der Waals surface area contributed by atoms with E-state index in [-0.39, 0.29) is 16.5 Å². The molecule has 0 aliphatic rings. The monoisotopic (exact) mass is 463 g/mol. The van der Waals surface area contributed by atoms with Crippen molar-refractivity contribution in [2.45, 2.75) is 33.7 Å². The molecule has 166 valence electrons. The van der Waals surface area contributed by atoms with Gasteiger partial charge in [0.15, 0.2) is 0 Å². The average molecular weight is 464 g/mol. The molecule has 0 saturated heterocycles. The largest absolute Gasteiger partial charge is 0.493 e. The van der Waals surface area contributed by atoms with Crippen molar-refractivity contribution in [3.05, 3.63) is 63.6 Å². The van der Waals surface area contributed by atoms with Gasteiger partial charge in [-0.2, -0.15) is 5.10 Å². The van der Waals surface area contributed by atoms with Crippen molar-refractivity contribution in [3.8, 4) is 5.75 Å². The van der Waals surface area contributed by atoms with Gasteiger partial charge in [-0.25, -0.2) is 5.43 Å². The van der Waals surface area contributed by atoms with Gasteiger partial charge in [-0.1, -0.05) is 50.9 Å². The van der Waals surface area contributed by atoms with E-state index in [1.54, 1.807) is 6.07 Å². The smallest absolute Gasteiger partial charge is 0.262 e. The number of rotatable bonds is 9. The first-order valence-corrected chi connectivity index (χ1v) is 10.7. The molecule has 2 N–H and O–H groups in total. The van der Waals surface area contributed by atoms with Crippen molar-refractivity contribution in [3.63, 3.8) is 0 Å². The summed E-state index contributed by atoms with van der Waals surface area (Å²) in [5.74, 6) is 0.167. The van der Waals surface area contributed by atoms with Crippen molar-refractivity contribution in [1.82, 2.24) is 10.7 Å². The molecule has 2 amide bonds. The Bertz CT molecular complexity index is 928. The van der Waals surface area contributed by atoms with Crippen molar-refractivity contribution in [2.75, 3.05) is 6.61 Å². The fraction of sp³-hybridized carbons (Fsp3) is 0.348. The minimum atomic E-state index is -0.789. The number of hydrazone groups is 1. The molecule has 6 nitrogen and oxygen atoms in total. The maximum atomic E-state index is 12.6. The minimum Gasteiger partial charge on any atom is -0.493 e. The van der Waals surface area contributed by atoms with E-state index in [1.807, 2.05) is 38.1 Å². The maximum Gasteiger partial charge on any atom is 0.262 e. The van der Waals surface area contributed by atoms with Gasteiger partial charge in [0.1, 0.15) is 11.8 Å². The lowest BCUT2D eigenvalue weighted by molar-refractivity contribution is -0.123. The van der Waals surface area contributed by atoms with Crippen LogP contribution in [0, 0.1) is 11.8 Å². The highest BCUT2D eigenvalue weighted by Gasteiger charge is 2.25. The summed E-state index contributed by atoms with van der Waals surface area (Å²) in [5.41, 5.74) is 3.52. The van der Waals surface area contributed by atoms with Gasteiger partial charge in [-0.05, 0) is 59.9 Å². The molecule has 0 saturated carbocycles. The Morgan fingerprint density at radius 2 is 1.74 bits per heavy atom. The Morgan fingerprint density at radius 1 is 1.06 bits per heavy atom. The molecule has 0 fully saturated rings. The van der Waals surface area contributed by atoms with E-state index in [0.29, 0.717) is 17.5 Å². The number of nitrogens with one attached hydrogen (secondary N) is 2. The maximum absolute atomic E-state index is 12.6. The van der Waals surface area contributed by atoms with Gasteiger partial charge < -0.3 is 10.1 Å². The third kappa shape index (κ3) is 7.89. The van der Waals surface area contributed by atoms with Crippen molar-refractivity contribution >= 4 is 41.2 Å². The molecule has 1 atom stereocenters. The number of halogens is 2. The Balaban J connectivity index is 1.96. The average Bonchev–Trinajstić information content (AvgIpc) is 2.70. The van der Waals surface area contributed by atoms with Crippen LogP contribution in [-0.2, 0) is 4.79 Å². The second-order valence-electron chi connectivity index (χ2n) is 7.83. The summed E-state index contributed by atoms with van der Waals surface area (Å²) in [4.78, 5) is 25.1. The molecule has 2 rings (SSSR count). The summed E-state index contributed by atoms with van der Waals surface area (Å²) in [6.45, 7) is 8.47. The molecule has 0 aromatic heterocycles. The van der Waals surface area contributed by atoms with Gasteiger partial charge in [-0.15, -0.1) is 0 Å². The minimum absolute atomic E-state index is 0.164. The molecule has 0 radical (unpaired) electrons. The van der Waals surface area contributed by atoms with Crippen LogP contribution in [0.3, 0.4) is 0 Å². The molecule has 8 heteroatoms. The van der Waals surface area contributed by atoms with E-state index in [9.17, 15) is 9.59 Å². The summed E-state index contributed by atoms with van der Waals surface area (Å²) < 4.78 is 5.64. The molecule has 2 aromatic carbocycles. The number of carbonyl (C=O) groups is 2. The normalized spacial score (nSPS) is 12.3. The number of hydrogen-bond donors (Lipinski definition) is 2. The van der Waals surface area contributed by atoms with Crippen LogP contribution in [0.25, 0.3) is 0 Å². The number of amides is 2. The number of carbonyl (C=O) groups excluding carboxylic acids is 2. The van der Waals surface area contributed by atoms with Crippen LogP contribution in [0.1, 0.15) is 43.6 Å². The Hall–Kier alpha value is -2.57. The summed E-state index contributed by atoms with van der Waals surface area (Å²) in [5, 5.41) is 7.34. The second-order valence-corrected chi connectivity index (χ2v) is 8.67. The first-order valence-electron chi connectivity index (χ1n) is 9.99. The zero-order chi connectivity index (χ0) is 23.0. The second kappa shape index (κ2) is 11.7. The van der Waals surface area contributed by atoms with Crippen LogP contribution >= 0.6 is 23.2 Å². The standard InChI is InChI=1S/C23H27Cl2N3O3/c1-14(2)13-31-18-8-5-16(6-9-18)12-26-28-23(30)21(15(3)4)27-22(29)19-10-7-17(24)11-20(19)25/h5-12,14-15,21H,13H2,1-4H3,(H,27,29)(H,28,30)/b26-12+. The van der Waals surface area contributed by atoms with Crippen LogP contribution in [-0.4, -0.2) is 30.7 Å². The van der Waals surface area contributed by atoms with E-state index in [1.165, 1.54) is 18.3 Å². The van der Waals surface area contributed by atoms with Gasteiger partial charge >= 0.3 is 0 Å². The number of nitrogens with zero attached hydrogens (tertiary/aromatic N) is 1. The van der Waals surface area contributed by atoms with Crippen LogP contribution in [0.15, 0.2) is 47.6 Å². The third-order valence-corrected chi connectivity index (χ3v) is 4.81. The summed E-state index contributed by atoms with van der Waals surface area (Å²) >= 11 is 12.0. The lowest BCUT2D eigenvalue weighted by Crippen LogP contribution is -2.48. The fourth-order valence-corrected chi connectivity index (χ4v) is 3.07. The predicted molar refractivity (Wildman–Crippen MR) is 125 cm³/mol. The first-order chi connectivity index (χ1) is 14.7. The fourth-order valence-electron chi connectivity index (χ4n) is 2.58. The number of ether oxygens (including phenoxy) is 1. The van der Waals surface area contributed by atoms with Crippen LogP contribution in [0.2, 0.25) is 10.0 Å². The third-order valence-electron chi connectivity index (χ3n) is 4.26. The van der Waals surface area contributed by atoms with Gasteiger partial charge in [-0.3, -0.25) is 9.59 Å². The first kappa shape index (κ1) is 24.7. The van der Waals surface area contributed by atoms with Gasteiger partial charge in [0.25, 0.3) is 11.8 Å². The number of benzene rings is 2. The summed E-state index contributed by atoms with van der Waals surface area (Å²) in [6, 6.07) is 11.1. The van der Waals surface area contributed by atoms with Crippen molar-refractivity contribution in [1.29, 1.82) is 0 Å². The zero-order valence-corrected chi connectivity index (χ0v) is 19.5. The predicted octanol–water partition coefficient (Wildman–Crippen LogP) is 4.93. The van der Waals surface area contributed by atoms with E-state index in [0.717, 1.165) is 11.3 Å². The quantitative estimate of drug-likeness (QED) is 0.408. The van der Waals surface area contributed by atoms with Crippen LogP contribution < -0.4 is 15.5 Å². The topological polar surface area (TPSA) is 79.8 Å². The van der Waals surface area contributed by atoms with E-state index in [4.69, 9.17) is 27.9 Å². The molecular weight excluding hydrogens is 437 g/mol. The highest BCUT2D eigenvalue weighted by Crippen LogP contribution is 2.21. The lowest BCUT2D eigenvalue weighted by Gasteiger charge is -2.20. The van der Waals surface area contributed by atoms with E-state index < -0.39 is 17.9 Å². The Kier molecular flexibility index (Phi) is 9.34. The summed E-state index contributed by atoms with van der Waals surface area (Å²) in [6.07, 6.45) is 1.53. The molecular formula is C23H27Cl2N3O3. The SMILES string of the molecule is CC(C)COc1ccc(/C=N/NC(=O)C(NC(=O)c2ccc(Cl)cc2Cl)C(C)C)cc1. The number of hydrogen-bond acceptors (Lipinski definition) is 4. The molecule has 31 heavy (non-hydrogen) atoms. The highest BCUT2D eigenvalue weighted by molar-refractivity contribution is 6.36. The Labute approximate surface area is 193 Å². The summed E-state index contributed by atoms with van der Waals surface area (Å²) in [7, 11) is 0. The van der Waals surface area contributed by atoms with Gasteiger partial charge in [0.05, 0.1) is 23.4 Å². The van der Waals surface area contributed by atoms with Gasteiger partial charge in [0.2, 0.25) is 0 Å². The molecule has 0 heterocycles. The van der Waals surface area contributed by atoms with E-state index >= 15 is 0 Å². The Morgan fingerprint density at radius 3 is 2.32 bits per heavy atom. The highest BCUT2D eigenvalue weighted by atomic mass is 35.5. The van der Waals surface area contributed by atoms with Crippen molar-refractivity contribution < 1.29 is 14.3 Å². The molecule has 2 aromatic rings. The molecule has 0 aliphatic carbocycles. The lowest BCUT2D eigenvalue weighted by atomic mass is 10.0. The van der Waals surface area contributed by atoms with Crippen LogP contribution in [0.5, 0.6) is 5.75 Å². The molecule has 0 bridgehead atoms. The van der Waals surface area contributed by atoms with Gasteiger partial charge in [0, 0.05) is 5.02 Å². The zero-order valence-electron chi connectivity index (χ0n) is 18.0. The van der Waals surface area contributed by atoms with Crippen molar-refractivity contribution in [2.24, 2.45) is 16.9 Å². The van der Waals surface area contributed by atoms with Crippen LogP contribution in [0.4, 0.5) is 0 Å². The molecule has 0 aliphatic heterocycles. The molecule has 1 unspecified atom stereocenters. The molecule has 0 spiro atoms.